The normalized spacial score (nSPS) is 16.6. The molecule has 2 aliphatic heterocycles. The van der Waals surface area contributed by atoms with Gasteiger partial charge in [0, 0.05) is 11.4 Å². The molecule has 12 rings (SSSR count). The van der Waals surface area contributed by atoms with E-state index in [2.05, 4.69) is 252 Å². The van der Waals surface area contributed by atoms with Crippen molar-refractivity contribution in [2.24, 2.45) is 0 Å². The Morgan fingerprint density at radius 1 is 0.371 bits per heavy atom. The molecule has 0 fully saturated rings. The maximum absolute atomic E-state index is 3.81. The van der Waals surface area contributed by atoms with Gasteiger partial charge in [0.1, 0.15) is 6.17 Å². The maximum Gasteiger partial charge on any atom is 0.104 e. The molecule has 1 aliphatic carbocycles. The van der Waals surface area contributed by atoms with E-state index < -0.39 is 5.41 Å². The Morgan fingerprint density at radius 2 is 0.887 bits per heavy atom. The van der Waals surface area contributed by atoms with E-state index in [0.29, 0.717) is 0 Å². The van der Waals surface area contributed by atoms with Crippen LogP contribution in [0.3, 0.4) is 0 Å². The number of fused-ring (bicyclic) bond motifs is 9. The second kappa shape index (κ2) is 14.8. The fourth-order valence-corrected chi connectivity index (χ4v) is 10.4. The van der Waals surface area contributed by atoms with Gasteiger partial charge in [-0.2, -0.15) is 0 Å². The SMILES string of the molecule is C1=C(c2ccc(-c3cccc(-c4ccc5c(c4)C4(c6ccccc6-5)c5ccccc5N(c5ccccc5)c5ccccc54)c3)cc2)NC(c2ccccc2)NC1c1ccccc1. The van der Waals surface area contributed by atoms with Gasteiger partial charge in [-0.05, 0) is 115 Å². The second-order valence-electron chi connectivity index (χ2n) is 16.5. The van der Waals surface area contributed by atoms with Crippen LogP contribution in [0, 0.1) is 0 Å². The van der Waals surface area contributed by atoms with E-state index >= 15 is 0 Å². The van der Waals surface area contributed by atoms with Gasteiger partial charge in [-0.3, -0.25) is 5.32 Å². The molecule has 2 unspecified atom stereocenters. The van der Waals surface area contributed by atoms with Crippen molar-refractivity contribution in [2.75, 3.05) is 4.90 Å². The summed E-state index contributed by atoms with van der Waals surface area (Å²) in [4.78, 5) is 2.44. The summed E-state index contributed by atoms with van der Waals surface area (Å²) < 4.78 is 0. The number of nitrogens with zero attached hydrogens (tertiary/aromatic N) is 1. The average Bonchev–Trinajstić information content (AvgIpc) is 3.65. The summed E-state index contributed by atoms with van der Waals surface area (Å²) in [6.45, 7) is 0. The van der Waals surface area contributed by atoms with Crippen molar-refractivity contribution in [1.29, 1.82) is 0 Å². The Morgan fingerprint density at radius 3 is 1.58 bits per heavy atom. The van der Waals surface area contributed by atoms with E-state index in [9.17, 15) is 0 Å². The third-order valence-electron chi connectivity index (χ3n) is 13.2. The third kappa shape index (κ3) is 5.78. The lowest BCUT2D eigenvalue weighted by Gasteiger charge is -2.45. The van der Waals surface area contributed by atoms with E-state index in [4.69, 9.17) is 0 Å². The fraction of sp³-hybridized carbons (Fsp3) is 0.0508. The van der Waals surface area contributed by atoms with E-state index in [1.807, 2.05) is 0 Å². The second-order valence-corrected chi connectivity index (χ2v) is 16.5. The van der Waals surface area contributed by atoms with E-state index in [0.717, 1.165) is 16.9 Å². The number of rotatable bonds is 6. The minimum absolute atomic E-state index is 0.0182. The minimum atomic E-state index is -0.496. The highest BCUT2D eigenvalue weighted by molar-refractivity contribution is 5.96. The molecule has 2 heterocycles. The zero-order chi connectivity index (χ0) is 41.0. The number of hydrogen-bond acceptors (Lipinski definition) is 3. The van der Waals surface area contributed by atoms with Crippen molar-refractivity contribution in [3.8, 4) is 33.4 Å². The van der Waals surface area contributed by atoms with Crippen molar-refractivity contribution in [3.05, 3.63) is 276 Å². The third-order valence-corrected chi connectivity index (χ3v) is 13.2. The molecule has 3 heteroatoms. The van der Waals surface area contributed by atoms with Gasteiger partial charge in [0.05, 0.1) is 22.8 Å². The zero-order valence-corrected chi connectivity index (χ0v) is 34.1. The Balaban J connectivity index is 0.935. The average molecular weight is 794 g/mol. The van der Waals surface area contributed by atoms with Crippen molar-refractivity contribution in [1.82, 2.24) is 10.6 Å². The van der Waals surface area contributed by atoms with Crippen LogP contribution in [0.2, 0.25) is 0 Å². The van der Waals surface area contributed by atoms with E-state index in [1.165, 1.54) is 78.1 Å². The largest absolute Gasteiger partial charge is 0.366 e. The predicted octanol–water partition coefficient (Wildman–Crippen LogP) is 14.1. The summed E-state index contributed by atoms with van der Waals surface area (Å²) in [5, 5.41) is 7.61. The molecular weight excluding hydrogens is 751 g/mol. The van der Waals surface area contributed by atoms with Gasteiger partial charge in [-0.25, -0.2) is 0 Å². The van der Waals surface area contributed by atoms with Crippen LogP contribution in [0.25, 0.3) is 39.1 Å². The molecule has 0 amide bonds. The Hall–Kier alpha value is -7.72. The smallest absolute Gasteiger partial charge is 0.104 e. The Kier molecular flexibility index (Phi) is 8.62. The lowest BCUT2D eigenvalue weighted by Crippen LogP contribution is -2.39. The molecule has 0 saturated carbocycles. The van der Waals surface area contributed by atoms with Crippen LogP contribution in [0.4, 0.5) is 17.1 Å². The van der Waals surface area contributed by atoms with Crippen LogP contribution < -0.4 is 15.5 Å². The first-order valence-corrected chi connectivity index (χ1v) is 21.6. The summed E-state index contributed by atoms with van der Waals surface area (Å²) in [6, 6.07) is 84.5. The molecule has 3 aliphatic rings. The first-order valence-electron chi connectivity index (χ1n) is 21.6. The van der Waals surface area contributed by atoms with Crippen LogP contribution in [0.1, 0.15) is 51.2 Å². The number of para-hydroxylation sites is 3. The predicted molar refractivity (Wildman–Crippen MR) is 255 cm³/mol. The highest BCUT2D eigenvalue weighted by Crippen LogP contribution is 2.63. The molecule has 0 aromatic heterocycles. The summed E-state index contributed by atoms with van der Waals surface area (Å²) in [6.07, 6.45) is 2.29. The summed E-state index contributed by atoms with van der Waals surface area (Å²) >= 11 is 0. The summed E-state index contributed by atoms with van der Waals surface area (Å²) in [7, 11) is 0. The van der Waals surface area contributed by atoms with E-state index in [1.54, 1.807) is 0 Å². The maximum atomic E-state index is 3.81. The number of nitrogens with one attached hydrogen (secondary N) is 2. The molecule has 0 radical (unpaired) electrons. The molecular formula is C59H43N3. The first kappa shape index (κ1) is 36.2. The molecule has 3 nitrogen and oxygen atoms in total. The van der Waals surface area contributed by atoms with Gasteiger partial charge in [0.15, 0.2) is 0 Å². The van der Waals surface area contributed by atoms with Crippen LogP contribution in [-0.4, -0.2) is 0 Å². The Bertz CT molecular complexity index is 3090. The molecule has 9 aromatic carbocycles. The molecule has 2 N–H and O–H groups in total. The molecule has 0 bridgehead atoms. The number of benzene rings is 9. The number of hydrogen-bond donors (Lipinski definition) is 2. The van der Waals surface area contributed by atoms with Gasteiger partial charge in [-0.1, -0.05) is 194 Å². The molecule has 9 aromatic rings. The van der Waals surface area contributed by atoms with E-state index in [-0.39, 0.29) is 12.2 Å². The van der Waals surface area contributed by atoms with Crippen LogP contribution in [-0.2, 0) is 5.41 Å². The Labute approximate surface area is 363 Å². The van der Waals surface area contributed by atoms with Gasteiger partial charge in [0.2, 0.25) is 0 Å². The van der Waals surface area contributed by atoms with Crippen LogP contribution in [0.15, 0.2) is 237 Å². The van der Waals surface area contributed by atoms with Crippen molar-refractivity contribution < 1.29 is 0 Å². The highest BCUT2D eigenvalue weighted by Gasteiger charge is 2.51. The van der Waals surface area contributed by atoms with Crippen LogP contribution >= 0.6 is 0 Å². The fourth-order valence-electron chi connectivity index (χ4n) is 10.4. The van der Waals surface area contributed by atoms with Gasteiger partial charge in [0.25, 0.3) is 0 Å². The number of anilines is 3. The first-order chi connectivity index (χ1) is 30.7. The van der Waals surface area contributed by atoms with Crippen molar-refractivity contribution >= 4 is 22.8 Å². The summed E-state index contributed by atoms with van der Waals surface area (Å²) in [5.41, 5.74) is 20.4. The van der Waals surface area contributed by atoms with Gasteiger partial charge < -0.3 is 10.2 Å². The molecule has 2 atom stereocenters. The molecule has 1 spiro atoms. The minimum Gasteiger partial charge on any atom is -0.366 e. The van der Waals surface area contributed by atoms with Crippen molar-refractivity contribution in [2.45, 2.75) is 17.6 Å². The topological polar surface area (TPSA) is 27.3 Å². The van der Waals surface area contributed by atoms with Crippen molar-refractivity contribution in [3.63, 3.8) is 0 Å². The standard InChI is InChI=1S/C59H43N3/c1-4-17-41(18-5-1)54-39-55(61-58(60-54)43-19-6-2-7-20-43)42-33-31-40(32-34-42)44-21-16-22-45(37-44)46-35-36-49-48-25-10-11-26-50(48)59(53(49)38-46)51-27-12-14-29-56(51)62(47-23-8-3-9-24-47)57-30-15-13-28-52(57)59/h1-39,54,58,60-61H. The molecule has 0 saturated heterocycles. The quantitative estimate of drug-likeness (QED) is 0.176. The zero-order valence-electron chi connectivity index (χ0n) is 34.1. The van der Waals surface area contributed by atoms with Gasteiger partial charge >= 0.3 is 0 Å². The lowest BCUT2D eigenvalue weighted by atomic mass is 9.64. The molecule has 62 heavy (non-hydrogen) atoms. The van der Waals surface area contributed by atoms with Gasteiger partial charge in [-0.15, -0.1) is 0 Å². The highest BCUT2D eigenvalue weighted by atomic mass is 15.2. The monoisotopic (exact) mass is 793 g/mol. The lowest BCUT2D eigenvalue weighted by molar-refractivity contribution is 0.442. The summed E-state index contributed by atoms with van der Waals surface area (Å²) in [5.74, 6) is 0. The molecule has 294 valence electrons. The van der Waals surface area contributed by atoms with Crippen LogP contribution in [0.5, 0.6) is 0 Å².